The molecule has 2 aliphatic carbocycles. The van der Waals surface area contributed by atoms with Crippen LogP contribution in [0.15, 0.2) is 48.9 Å². The number of aliphatic hydroxyl groups excluding tert-OH is 1. The number of aliphatic hydroxyl groups is 1. The summed E-state index contributed by atoms with van der Waals surface area (Å²) < 4.78 is 26.7. The van der Waals surface area contributed by atoms with E-state index in [0.29, 0.717) is 17.5 Å². The zero-order valence-corrected chi connectivity index (χ0v) is 18.1. The van der Waals surface area contributed by atoms with Gasteiger partial charge in [0.2, 0.25) is 0 Å². The first-order valence-corrected chi connectivity index (χ1v) is 12.5. The summed E-state index contributed by atoms with van der Waals surface area (Å²) in [7, 11) is -3.76. The predicted octanol–water partition coefficient (Wildman–Crippen LogP) is 3.83. The summed E-state index contributed by atoms with van der Waals surface area (Å²) in [4.78, 5) is 4.29. The first-order chi connectivity index (χ1) is 14.9. The molecular formula is C23H28N4O3S. The molecule has 2 heterocycles. The number of hydrogen-bond acceptors (Lipinski definition) is 4. The van der Waals surface area contributed by atoms with Crippen molar-refractivity contribution in [1.29, 1.82) is 0 Å². The van der Waals surface area contributed by atoms with Crippen LogP contribution in [0.3, 0.4) is 0 Å². The van der Waals surface area contributed by atoms with Gasteiger partial charge in [-0.15, -0.1) is 0 Å². The second-order valence-electron chi connectivity index (χ2n) is 8.96. The van der Waals surface area contributed by atoms with E-state index < -0.39 is 16.3 Å². The van der Waals surface area contributed by atoms with Crippen LogP contribution in [0.4, 0.5) is 5.69 Å². The monoisotopic (exact) mass is 440 g/mol. The number of nitrogens with two attached hydrogens (primary N) is 1. The molecule has 1 atom stereocenters. The van der Waals surface area contributed by atoms with Gasteiger partial charge in [0.15, 0.2) is 0 Å². The Labute approximate surface area is 182 Å². The maximum atomic E-state index is 11.4. The van der Waals surface area contributed by atoms with Crippen LogP contribution in [-0.2, 0) is 10.2 Å². The van der Waals surface area contributed by atoms with Crippen LogP contribution in [0.25, 0.3) is 5.52 Å². The molecule has 2 saturated carbocycles. The summed E-state index contributed by atoms with van der Waals surface area (Å²) in [5, 5.41) is 16.4. The average Bonchev–Trinajstić information content (AvgIpc) is 3.48. The Hall–Kier alpha value is -2.42. The van der Waals surface area contributed by atoms with E-state index in [0.717, 1.165) is 36.9 Å². The zero-order chi connectivity index (χ0) is 21.6. The lowest BCUT2D eigenvalue weighted by Crippen LogP contribution is -2.22. The van der Waals surface area contributed by atoms with E-state index in [2.05, 4.69) is 26.2 Å². The Morgan fingerprint density at radius 1 is 1.00 bits per heavy atom. The predicted molar refractivity (Wildman–Crippen MR) is 120 cm³/mol. The molecule has 0 radical (unpaired) electrons. The molecule has 0 bridgehead atoms. The zero-order valence-electron chi connectivity index (χ0n) is 17.3. The third-order valence-electron chi connectivity index (χ3n) is 6.81. The number of hydrogen-bond donors (Lipinski definition) is 3. The van der Waals surface area contributed by atoms with Crippen molar-refractivity contribution in [3.8, 4) is 0 Å². The standard InChI is InChI=1S/C23H28N4O3S/c24-31(29,30)26-19-9-7-16(8-10-19)15-1-5-18(6-2-15)23(28)22-21(17-3-4-17)12-11-20-13-25-14-27(20)22/h7-15,17-18,23,26,28H,1-6H2,(H2,24,29,30)/t15?,18?,23-/m0/s1. The molecule has 8 heteroatoms. The number of rotatable bonds is 6. The second kappa shape index (κ2) is 7.93. The third kappa shape index (κ3) is 4.33. The van der Waals surface area contributed by atoms with Crippen LogP contribution < -0.4 is 9.86 Å². The van der Waals surface area contributed by atoms with Crippen LogP contribution in [-0.4, -0.2) is 22.9 Å². The maximum absolute atomic E-state index is 11.4. The van der Waals surface area contributed by atoms with Gasteiger partial charge in [-0.25, -0.2) is 10.1 Å². The van der Waals surface area contributed by atoms with Crippen molar-refractivity contribution in [2.75, 3.05) is 4.72 Å². The van der Waals surface area contributed by atoms with Crippen LogP contribution in [0.2, 0.25) is 0 Å². The van der Waals surface area contributed by atoms with Gasteiger partial charge in [-0.1, -0.05) is 18.2 Å². The summed E-state index contributed by atoms with van der Waals surface area (Å²) in [6.07, 6.45) is 9.49. The van der Waals surface area contributed by atoms with E-state index in [1.54, 1.807) is 12.1 Å². The summed E-state index contributed by atoms with van der Waals surface area (Å²) in [5.74, 6) is 1.21. The minimum Gasteiger partial charge on any atom is -0.387 e. The van der Waals surface area contributed by atoms with Gasteiger partial charge in [0.05, 0.1) is 29.8 Å². The van der Waals surface area contributed by atoms with Crippen LogP contribution in [0, 0.1) is 5.92 Å². The number of imidazole rings is 1. The van der Waals surface area contributed by atoms with E-state index >= 15 is 0 Å². The quantitative estimate of drug-likeness (QED) is 0.541. The summed E-state index contributed by atoms with van der Waals surface area (Å²) in [6, 6.07) is 11.7. The van der Waals surface area contributed by atoms with Gasteiger partial charge in [0.25, 0.3) is 10.2 Å². The summed E-state index contributed by atoms with van der Waals surface area (Å²) in [6.45, 7) is 0. The summed E-state index contributed by atoms with van der Waals surface area (Å²) >= 11 is 0. The highest BCUT2D eigenvalue weighted by Gasteiger charge is 2.34. The van der Waals surface area contributed by atoms with E-state index in [9.17, 15) is 13.5 Å². The molecule has 0 unspecified atom stereocenters. The van der Waals surface area contributed by atoms with Crippen molar-refractivity contribution in [3.63, 3.8) is 0 Å². The number of nitrogens with zero attached hydrogens (tertiary/aromatic N) is 2. The van der Waals surface area contributed by atoms with E-state index in [4.69, 9.17) is 5.14 Å². The van der Waals surface area contributed by atoms with Gasteiger partial charge in [0, 0.05) is 5.69 Å². The molecule has 0 amide bonds. The Morgan fingerprint density at radius 2 is 1.68 bits per heavy atom. The number of anilines is 1. The average molecular weight is 441 g/mol. The van der Waals surface area contributed by atoms with E-state index in [1.165, 1.54) is 24.0 Å². The highest BCUT2D eigenvalue weighted by Crippen LogP contribution is 2.47. The number of nitrogens with one attached hydrogen (secondary N) is 1. The first-order valence-electron chi connectivity index (χ1n) is 10.9. The Kier molecular flexibility index (Phi) is 5.24. The molecule has 31 heavy (non-hydrogen) atoms. The molecule has 7 nitrogen and oxygen atoms in total. The molecule has 1 aromatic carbocycles. The lowest BCUT2D eigenvalue weighted by molar-refractivity contribution is 0.0754. The third-order valence-corrected chi connectivity index (χ3v) is 7.33. The molecule has 5 rings (SSSR count). The molecule has 0 aliphatic heterocycles. The van der Waals surface area contributed by atoms with Gasteiger partial charge >= 0.3 is 0 Å². The van der Waals surface area contributed by atoms with Gasteiger partial charge < -0.3 is 9.51 Å². The fraction of sp³-hybridized carbons (Fsp3) is 0.435. The Bertz CT molecular complexity index is 1180. The maximum Gasteiger partial charge on any atom is 0.296 e. The second-order valence-corrected chi connectivity index (χ2v) is 10.3. The van der Waals surface area contributed by atoms with Crippen molar-refractivity contribution in [3.05, 3.63) is 65.7 Å². The number of benzene rings is 1. The summed E-state index contributed by atoms with van der Waals surface area (Å²) in [5.41, 5.74) is 5.00. The molecule has 4 N–H and O–H groups in total. The van der Waals surface area contributed by atoms with Crippen LogP contribution in [0.5, 0.6) is 0 Å². The van der Waals surface area contributed by atoms with Crippen molar-refractivity contribution in [2.24, 2.45) is 11.1 Å². The largest absolute Gasteiger partial charge is 0.387 e. The number of aromatic nitrogens is 2. The van der Waals surface area contributed by atoms with Crippen LogP contribution >= 0.6 is 0 Å². The normalized spacial score (nSPS) is 23.0. The molecule has 3 aromatic rings. The minimum absolute atomic E-state index is 0.227. The lowest BCUT2D eigenvalue weighted by Gasteiger charge is -2.33. The van der Waals surface area contributed by atoms with E-state index in [-0.39, 0.29) is 5.92 Å². The highest BCUT2D eigenvalue weighted by molar-refractivity contribution is 7.90. The van der Waals surface area contributed by atoms with Crippen molar-refractivity contribution in [2.45, 2.75) is 56.5 Å². The number of pyridine rings is 1. The molecule has 164 valence electrons. The van der Waals surface area contributed by atoms with Gasteiger partial charge in [0.1, 0.15) is 0 Å². The van der Waals surface area contributed by atoms with E-state index in [1.807, 2.05) is 24.7 Å². The SMILES string of the molecule is NS(=O)(=O)Nc1ccc(C2CCC([C@H](O)c3c(C4CC4)ccc4cncn34)CC2)cc1. The molecule has 2 fully saturated rings. The van der Waals surface area contributed by atoms with Crippen molar-refractivity contribution >= 4 is 21.4 Å². The molecule has 0 saturated heterocycles. The molecule has 2 aliphatic rings. The van der Waals surface area contributed by atoms with Gasteiger partial charge in [-0.3, -0.25) is 4.72 Å². The lowest BCUT2D eigenvalue weighted by atomic mass is 9.75. The smallest absolute Gasteiger partial charge is 0.296 e. The fourth-order valence-corrected chi connectivity index (χ4v) is 5.53. The topological polar surface area (TPSA) is 110 Å². The van der Waals surface area contributed by atoms with Crippen molar-refractivity contribution in [1.82, 2.24) is 9.38 Å². The van der Waals surface area contributed by atoms with Crippen molar-refractivity contribution < 1.29 is 13.5 Å². The number of fused-ring (bicyclic) bond motifs is 1. The highest BCUT2D eigenvalue weighted by atomic mass is 32.2. The Balaban J connectivity index is 1.29. The molecule has 0 spiro atoms. The minimum atomic E-state index is -3.76. The molecular weight excluding hydrogens is 412 g/mol. The van der Waals surface area contributed by atoms with Gasteiger partial charge in [-0.2, -0.15) is 8.42 Å². The Morgan fingerprint density at radius 3 is 2.32 bits per heavy atom. The van der Waals surface area contributed by atoms with Gasteiger partial charge in [-0.05, 0) is 85.6 Å². The molecule has 2 aromatic heterocycles. The first kappa shape index (κ1) is 20.5. The van der Waals surface area contributed by atoms with Crippen LogP contribution in [0.1, 0.15) is 73.3 Å². The fourth-order valence-electron chi connectivity index (χ4n) is 5.06.